The van der Waals surface area contributed by atoms with Crippen LogP contribution in [-0.4, -0.2) is 78.7 Å². The summed E-state index contributed by atoms with van der Waals surface area (Å²) in [5.41, 5.74) is 5.18. The zero-order valence-corrected chi connectivity index (χ0v) is 18.6. The van der Waals surface area contributed by atoms with Crippen LogP contribution in [-0.2, 0) is 33.6 Å². The molecule has 2 atom stereocenters. The molecule has 0 fully saturated rings. The van der Waals surface area contributed by atoms with Crippen molar-refractivity contribution in [1.29, 1.82) is 0 Å². The summed E-state index contributed by atoms with van der Waals surface area (Å²) >= 11 is 1.56. The van der Waals surface area contributed by atoms with E-state index in [-0.39, 0.29) is 48.1 Å². The van der Waals surface area contributed by atoms with Crippen LogP contribution in [0.15, 0.2) is 0 Å². The van der Waals surface area contributed by atoms with Crippen LogP contribution >= 0.6 is 23.5 Å². The first-order chi connectivity index (χ1) is 14.3. The second-order valence-corrected chi connectivity index (χ2v) is 8.15. The summed E-state index contributed by atoms with van der Waals surface area (Å²) in [4.78, 5) is 74.5. The maximum Gasteiger partial charge on any atom is 0.327 e. The van der Waals surface area contributed by atoms with E-state index in [9.17, 15) is 33.6 Å². The summed E-state index contributed by atoms with van der Waals surface area (Å²) < 4.78 is 0. The molecule has 0 saturated carbocycles. The molecule has 0 spiro atoms. The Bertz CT molecular complexity index is 684. The van der Waals surface area contributed by atoms with Crippen LogP contribution in [0, 0.1) is 0 Å². The molecule has 0 aromatic rings. The lowest BCUT2D eigenvalue weighted by Crippen LogP contribution is -2.41. The molecule has 14 heteroatoms. The predicted molar refractivity (Wildman–Crippen MR) is 113 cm³/mol. The van der Waals surface area contributed by atoms with Crippen molar-refractivity contribution in [2.24, 2.45) is 5.73 Å². The van der Waals surface area contributed by atoms with Crippen molar-refractivity contribution in [1.82, 2.24) is 5.32 Å². The molecule has 0 radical (unpaired) electrons. The Morgan fingerprint density at radius 1 is 0.774 bits per heavy atom. The highest BCUT2D eigenvalue weighted by Gasteiger charge is 2.20. The number of carbonyl (C=O) groups excluding carboxylic acids is 4. The predicted octanol–water partition coefficient (Wildman–Crippen LogP) is -0.272. The van der Waals surface area contributed by atoms with E-state index in [0.717, 1.165) is 11.8 Å². The van der Waals surface area contributed by atoms with Gasteiger partial charge >= 0.3 is 17.9 Å². The van der Waals surface area contributed by atoms with Crippen LogP contribution in [0.3, 0.4) is 0 Å². The van der Waals surface area contributed by atoms with Crippen molar-refractivity contribution in [2.45, 2.75) is 51.6 Å². The number of carboxylic acid groups (broad SMARTS) is 3. The number of Topliss-reactive ketones (excluding diaryl/α,β-unsaturated/α-hetero) is 1. The molecule has 0 saturated heterocycles. The van der Waals surface area contributed by atoms with Crippen LogP contribution in [0.5, 0.6) is 0 Å². The summed E-state index contributed by atoms with van der Waals surface area (Å²) in [6.07, 6.45) is -0.101. The topological polar surface area (TPSA) is 218 Å². The van der Waals surface area contributed by atoms with Gasteiger partial charge in [-0.25, -0.2) is 4.79 Å². The minimum atomic E-state index is -1.24. The standard InChI is InChI=1S/C9H13NO6S.C8H13NO4S/c1-5(11)10-6(9(15)16)4-17-8(14)3-2-7(12)13;1-5(10)2-3-7(11)14-4-6(9)8(12)13/h6H,2-4H2,1H3,(H,10,11)(H,12,13)(H,15,16);6H,2-4,9H2,1H3,(H,12,13). The first kappa shape index (κ1) is 30.7. The zero-order valence-electron chi connectivity index (χ0n) is 17.0. The van der Waals surface area contributed by atoms with Crippen molar-refractivity contribution in [3.63, 3.8) is 0 Å². The third-order valence-electron chi connectivity index (χ3n) is 3.05. The van der Waals surface area contributed by atoms with Gasteiger partial charge in [0, 0.05) is 37.7 Å². The lowest BCUT2D eigenvalue weighted by atomic mass is 10.2. The van der Waals surface area contributed by atoms with Gasteiger partial charge in [-0.2, -0.15) is 0 Å². The Hall–Kier alpha value is -2.45. The van der Waals surface area contributed by atoms with Crippen LogP contribution in [0.2, 0.25) is 0 Å². The number of nitrogens with one attached hydrogen (secondary N) is 1. The van der Waals surface area contributed by atoms with Crippen molar-refractivity contribution in [2.75, 3.05) is 11.5 Å². The highest BCUT2D eigenvalue weighted by Crippen LogP contribution is 2.10. The summed E-state index contributed by atoms with van der Waals surface area (Å²) in [6, 6.07) is -2.17. The highest BCUT2D eigenvalue weighted by atomic mass is 32.2. The number of carbonyl (C=O) groups is 7. The number of hydrogen-bond acceptors (Lipinski definition) is 10. The van der Waals surface area contributed by atoms with Crippen LogP contribution in [0.25, 0.3) is 0 Å². The molecule has 0 heterocycles. The molecule has 31 heavy (non-hydrogen) atoms. The Labute approximate surface area is 186 Å². The average molecular weight is 483 g/mol. The van der Waals surface area contributed by atoms with E-state index in [1.165, 1.54) is 13.8 Å². The molecule has 0 bridgehead atoms. The lowest BCUT2D eigenvalue weighted by molar-refractivity contribution is -0.141. The second-order valence-electron chi connectivity index (χ2n) is 6.00. The molecule has 0 aliphatic carbocycles. The maximum atomic E-state index is 11.2. The summed E-state index contributed by atoms with van der Waals surface area (Å²) in [5.74, 6) is -4.08. The molecular weight excluding hydrogens is 456 g/mol. The zero-order chi connectivity index (χ0) is 24.6. The smallest absolute Gasteiger partial charge is 0.327 e. The number of thioether (sulfide) groups is 2. The largest absolute Gasteiger partial charge is 0.481 e. The summed E-state index contributed by atoms with van der Waals surface area (Å²) in [7, 11) is 0. The fourth-order valence-corrected chi connectivity index (χ4v) is 3.06. The monoisotopic (exact) mass is 482 g/mol. The first-order valence-electron chi connectivity index (χ1n) is 8.77. The van der Waals surface area contributed by atoms with Crippen LogP contribution < -0.4 is 11.1 Å². The molecule has 0 aliphatic rings. The molecule has 0 aliphatic heterocycles. The number of ketones is 1. The second kappa shape index (κ2) is 17.3. The van der Waals surface area contributed by atoms with Gasteiger partial charge in [-0.3, -0.25) is 24.0 Å². The molecule has 0 aromatic heterocycles. The molecule has 1 amide bonds. The van der Waals surface area contributed by atoms with Gasteiger partial charge in [-0.05, 0) is 6.92 Å². The molecule has 0 aromatic carbocycles. The van der Waals surface area contributed by atoms with E-state index in [1.54, 1.807) is 0 Å². The fourth-order valence-electron chi connectivity index (χ4n) is 1.48. The minimum absolute atomic E-state index is 0.0477. The van der Waals surface area contributed by atoms with E-state index in [2.05, 4.69) is 5.32 Å². The molecule has 176 valence electrons. The van der Waals surface area contributed by atoms with E-state index in [4.69, 9.17) is 21.1 Å². The van der Waals surface area contributed by atoms with Gasteiger partial charge in [0.1, 0.15) is 17.9 Å². The number of amides is 1. The first-order valence-corrected chi connectivity index (χ1v) is 10.7. The van der Waals surface area contributed by atoms with Gasteiger partial charge in [0.2, 0.25) is 5.91 Å². The molecule has 0 rings (SSSR count). The molecular formula is C17H26N2O10S2. The number of hydrogen-bond donors (Lipinski definition) is 5. The molecule has 2 unspecified atom stereocenters. The number of nitrogens with two attached hydrogens (primary N) is 1. The lowest BCUT2D eigenvalue weighted by Gasteiger charge is -2.11. The van der Waals surface area contributed by atoms with Gasteiger partial charge in [-0.15, -0.1) is 0 Å². The van der Waals surface area contributed by atoms with Crippen molar-refractivity contribution in [3.05, 3.63) is 0 Å². The Balaban J connectivity index is 0. The highest BCUT2D eigenvalue weighted by molar-refractivity contribution is 8.13. The van der Waals surface area contributed by atoms with E-state index in [1.807, 2.05) is 0 Å². The Morgan fingerprint density at radius 2 is 1.26 bits per heavy atom. The number of carboxylic acids is 3. The minimum Gasteiger partial charge on any atom is -0.481 e. The van der Waals surface area contributed by atoms with E-state index >= 15 is 0 Å². The van der Waals surface area contributed by atoms with Crippen LogP contribution in [0.4, 0.5) is 0 Å². The third kappa shape index (κ3) is 20.6. The van der Waals surface area contributed by atoms with Crippen molar-refractivity contribution < 1.29 is 48.9 Å². The van der Waals surface area contributed by atoms with Gasteiger partial charge in [0.05, 0.1) is 6.42 Å². The van der Waals surface area contributed by atoms with E-state index in [0.29, 0.717) is 11.8 Å². The van der Waals surface area contributed by atoms with Crippen molar-refractivity contribution >= 4 is 63.4 Å². The van der Waals surface area contributed by atoms with Gasteiger partial charge in [-0.1, -0.05) is 23.5 Å². The molecule has 6 N–H and O–H groups in total. The van der Waals surface area contributed by atoms with Gasteiger partial charge in [0.15, 0.2) is 10.2 Å². The quantitative estimate of drug-likeness (QED) is 0.228. The van der Waals surface area contributed by atoms with Gasteiger partial charge in [0.25, 0.3) is 0 Å². The Kier molecular flexibility index (Phi) is 17.1. The Morgan fingerprint density at radius 3 is 1.65 bits per heavy atom. The van der Waals surface area contributed by atoms with Gasteiger partial charge < -0.3 is 31.2 Å². The number of aliphatic carboxylic acids is 3. The fraction of sp³-hybridized carbons (Fsp3) is 0.588. The molecule has 12 nitrogen and oxygen atoms in total. The van der Waals surface area contributed by atoms with E-state index < -0.39 is 41.0 Å². The normalized spacial score (nSPS) is 11.8. The average Bonchev–Trinajstić information content (AvgIpc) is 2.65. The SMILES string of the molecule is CC(=O)CCC(=O)SCC(N)C(=O)O.CC(=O)NC(CSC(=O)CCC(=O)O)C(=O)O. The van der Waals surface area contributed by atoms with Crippen LogP contribution in [0.1, 0.15) is 39.5 Å². The maximum absolute atomic E-state index is 11.2. The summed E-state index contributed by atoms with van der Waals surface area (Å²) in [6.45, 7) is 2.58. The summed E-state index contributed by atoms with van der Waals surface area (Å²) in [5, 5.41) is 27.0. The third-order valence-corrected chi connectivity index (χ3v) is 5.13. The van der Waals surface area contributed by atoms with Crippen molar-refractivity contribution in [3.8, 4) is 0 Å². The number of rotatable bonds is 13.